The molecule has 0 aromatic heterocycles. The number of carbonyl (C=O) groups is 3. The Labute approximate surface area is 153 Å². The smallest absolute Gasteiger partial charge is 0.253 e. The maximum absolute atomic E-state index is 12.5. The first-order valence-electron chi connectivity index (χ1n) is 8.44. The quantitative estimate of drug-likeness (QED) is 0.884. The highest BCUT2D eigenvalue weighted by Gasteiger charge is 2.28. The fourth-order valence-corrected chi connectivity index (χ4v) is 2.99. The molecule has 0 spiro atoms. The maximum Gasteiger partial charge on any atom is 0.253 e. The molecule has 0 radical (unpaired) electrons. The van der Waals surface area contributed by atoms with Gasteiger partial charge in [0.2, 0.25) is 11.8 Å². The van der Waals surface area contributed by atoms with Crippen molar-refractivity contribution in [3.05, 3.63) is 34.9 Å². The minimum atomic E-state index is -0.656. The number of nitrogens with zero attached hydrogens (tertiary/aromatic N) is 2. The lowest BCUT2D eigenvalue weighted by atomic mass is 10.1. The Balaban J connectivity index is 1.90. The van der Waals surface area contributed by atoms with Crippen LogP contribution in [0.4, 0.5) is 0 Å². The second-order valence-electron chi connectivity index (χ2n) is 6.48. The van der Waals surface area contributed by atoms with Crippen molar-refractivity contribution in [1.82, 2.24) is 15.1 Å². The Morgan fingerprint density at radius 1 is 0.960 bits per heavy atom. The van der Waals surface area contributed by atoms with Gasteiger partial charge in [-0.2, -0.15) is 0 Å². The zero-order chi connectivity index (χ0) is 18.6. The van der Waals surface area contributed by atoms with Crippen LogP contribution in [0.25, 0.3) is 0 Å². The number of hydrogen-bond donors (Lipinski definition) is 1. The first-order valence-corrected chi connectivity index (χ1v) is 8.82. The topological polar surface area (TPSA) is 69.7 Å². The van der Waals surface area contributed by atoms with Gasteiger partial charge in [-0.1, -0.05) is 37.6 Å². The number of carbonyl (C=O) groups excluding carboxylic acids is 3. The van der Waals surface area contributed by atoms with E-state index in [1.165, 1.54) is 0 Å². The van der Waals surface area contributed by atoms with Gasteiger partial charge in [0.15, 0.2) is 0 Å². The van der Waals surface area contributed by atoms with E-state index in [2.05, 4.69) is 5.32 Å². The average molecular weight is 366 g/mol. The molecular weight excluding hydrogens is 342 g/mol. The lowest BCUT2D eigenvalue weighted by molar-refractivity contribution is -0.142. The summed E-state index contributed by atoms with van der Waals surface area (Å²) in [6.45, 7) is 7.39. The molecule has 0 aliphatic carbocycles. The summed E-state index contributed by atoms with van der Waals surface area (Å²) in [5, 5.41) is 3.04. The number of hydrogen-bond acceptors (Lipinski definition) is 3. The molecule has 1 atom stereocenters. The van der Waals surface area contributed by atoms with E-state index in [0.717, 1.165) is 0 Å². The third-order valence-corrected chi connectivity index (χ3v) is 4.56. The highest BCUT2D eigenvalue weighted by atomic mass is 35.5. The van der Waals surface area contributed by atoms with Gasteiger partial charge in [0, 0.05) is 32.1 Å². The standard InChI is InChI=1S/C18H24ClN3O3/c1-12(2)17(24)21-8-10-22(11-9-21)18(25)13(3)20-16(23)14-6-4-5-7-15(14)19/h4-7,12-13H,8-11H2,1-3H3,(H,20,23)/t13-/m1/s1. The van der Waals surface area contributed by atoms with Crippen molar-refractivity contribution in [2.75, 3.05) is 26.2 Å². The summed E-state index contributed by atoms with van der Waals surface area (Å²) in [5.74, 6) is -0.472. The second-order valence-corrected chi connectivity index (χ2v) is 6.89. The van der Waals surface area contributed by atoms with Crippen LogP contribution in [0.5, 0.6) is 0 Å². The van der Waals surface area contributed by atoms with Gasteiger partial charge in [-0.3, -0.25) is 14.4 Å². The normalized spacial score (nSPS) is 15.9. The lowest BCUT2D eigenvalue weighted by Crippen LogP contribution is -2.55. The molecule has 0 saturated carbocycles. The second kappa shape index (κ2) is 8.34. The molecule has 25 heavy (non-hydrogen) atoms. The molecule has 1 fully saturated rings. The summed E-state index contributed by atoms with van der Waals surface area (Å²) >= 11 is 6.01. The van der Waals surface area contributed by atoms with Gasteiger partial charge in [0.1, 0.15) is 6.04 Å². The molecule has 2 rings (SSSR count). The maximum atomic E-state index is 12.5. The van der Waals surface area contributed by atoms with Gasteiger partial charge in [0.05, 0.1) is 10.6 Å². The largest absolute Gasteiger partial charge is 0.340 e. The number of halogens is 1. The molecular formula is C18H24ClN3O3. The van der Waals surface area contributed by atoms with E-state index in [4.69, 9.17) is 11.6 Å². The molecule has 1 aliphatic rings. The van der Waals surface area contributed by atoms with Crippen molar-refractivity contribution >= 4 is 29.3 Å². The van der Waals surface area contributed by atoms with E-state index < -0.39 is 6.04 Å². The van der Waals surface area contributed by atoms with Gasteiger partial charge in [-0.15, -0.1) is 0 Å². The Morgan fingerprint density at radius 3 is 2.00 bits per heavy atom. The van der Waals surface area contributed by atoms with Crippen LogP contribution >= 0.6 is 11.6 Å². The molecule has 1 aliphatic heterocycles. The first kappa shape index (κ1) is 19.2. The molecule has 1 saturated heterocycles. The molecule has 7 heteroatoms. The predicted molar refractivity (Wildman–Crippen MR) is 96.4 cm³/mol. The first-order chi connectivity index (χ1) is 11.8. The van der Waals surface area contributed by atoms with Crippen molar-refractivity contribution in [2.24, 2.45) is 5.92 Å². The third-order valence-electron chi connectivity index (χ3n) is 4.23. The van der Waals surface area contributed by atoms with Crippen LogP contribution in [0.3, 0.4) is 0 Å². The van der Waals surface area contributed by atoms with E-state index in [0.29, 0.717) is 36.8 Å². The van der Waals surface area contributed by atoms with E-state index in [9.17, 15) is 14.4 Å². The summed E-state index contributed by atoms with van der Waals surface area (Å²) in [5.41, 5.74) is 0.344. The van der Waals surface area contributed by atoms with Crippen LogP contribution in [0.15, 0.2) is 24.3 Å². The van der Waals surface area contributed by atoms with E-state index in [1.807, 2.05) is 13.8 Å². The minimum Gasteiger partial charge on any atom is -0.340 e. The molecule has 1 heterocycles. The fourth-order valence-electron chi connectivity index (χ4n) is 2.77. The zero-order valence-corrected chi connectivity index (χ0v) is 15.5. The van der Waals surface area contributed by atoms with Crippen LogP contribution in [0, 0.1) is 5.92 Å². The number of piperazine rings is 1. The highest BCUT2D eigenvalue weighted by Crippen LogP contribution is 2.15. The van der Waals surface area contributed by atoms with Crippen LogP contribution in [0.1, 0.15) is 31.1 Å². The fraction of sp³-hybridized carbons (Fsp3) is 0.500. The van der Waals surface area contributed by atoms with Gasteiger partial charge in [-0.25, -0.2) is 0 Å². The van der Waals surface area contributed by atoms with Crippen LogP contribution < -0.4 is 5.32 Å². The highest BCUT2D eigenvalue weighted by molar-refractivity contribution is 6.33. The van der Waals surface area contributed by atoms with Gasteiger partial charge < -0.3 is 15.1 Å². The summed E-state index contributed by atoms with van der Waals surface area (Å²) in [6.07, 6.45) is 0. The summed E-state index contributed by atoms with van der Waals surface area (Å²) in [4.78, 5) is 40.3. The predicted octanol–water partition coefficient (Wildman–Crippen LogP) is 1.79. The number of nitrogens with one attached hydrogen (secondary N) is 1. The van der Waals surface area contributed by atoms with E-state index in [-0.39, 0.29) is 23.6 Å². The summed E-state index contributed by atoms with van der Waals surface area (Å²) in [7, 11) is 0. The van der Waals surface area contributed by atoms with Crippen molar-refractivity contribution in [2.45, 2.75) is 26.8 Å². The molecule has 136 valence electrons. The summed E-state index contributed by atoms with van der Waals surface area (Å²) < 4.78 is 0. The third kappa shape index (κ3) is 4.72. The monoisotopic (exact) mass is 365 g/mol. The van der Waals surface area contributed by atoms with Crippen LogP contribution in [-0.4, -0.2) is 59.7 Å². The number of benzene rings is 1. The minimum absolute atomic E-state index is 0.0453. The van der Waals surface area contributed by atoms with E-state index >= 15 is 0 Å². The average Bonchev–Trinajstić information content (AvgIpc) is 2.60. The number of rotatable bonds is 4. The molecule has 6 nitrogen and oxygen atoms in total. The van der Waals surface area contributed by atoms with Gasteiger partial charge in [0.25, 0.3) is 5.91 Å². The van der Waals surface area contributed by atoms with Crippen molar-refractivity contribution in [3.8, 4) is 0 Å². The van der Waals surface area contributed by atoms with Crippen LogP contribution in [-0.2, 0) is 9.59 Å². The van der Waals surface area contributed by atoms with Crippen molar-refractivity contribution in [1.29, 1.82) is 0 Å². The van der Waals surface area contributed by atoms with Crippen LogP contribution in [0.2, 0.25) is 5.02 Å². The molecule has 1 aromatic carbocycles. The molecule has 0 bridgehead atoms. The Morgan fingerprint density at radius 2 is 1.48 bits per heavy atom. The SMILES string of the molecule is CC(C)C(=O)N1CCN(C(=O)[C@@H](C)NC(=O)c2ccccc2Cl)CC1. The molecule has 3 amide bonds. The lowest BCUT2D eigenvalue weighted by Gasteiger charge is -2.36. The molecule has 1 N–H and O–H groups in total. The van der Waals surface area contributed by atoms with Crippen molar-refractivity contribution in [3.63, 3.8) is 0 Å². The van der Waals surface area contributed by atoms with Gasteiger partial charge in [-0.05, 0) is 19.1 Å². The number of amides is 3. The zero-order valence-electron chi connectivity index (χ0n) is 14.8. The Kier molecular flexibility index (Phi) is 6.42. The van der Waals surface area contributed by atoms with E-state index in [1.54, 1.807) is 41.0 Å². The molecule has 0 unspecified atom stereocenters. The molecule has 1 aromatic rings. The summed E-state index contributed by atoms with van der Waals surface area (Å²) in [6, 6.07) is 6.05. The Bertz CT molecular complexity index is 655. The Hall–Kier alpha value is -2.08. The van der Waals surface area contributed by atoms with Gasteiger partial charge >= 0.3 is 0 Å². The van der Waals surface area contributed by atoms with Crippen molar-refractivity contribution < 1.29 is 14.4 Å².